The zero-order valence-corrected chi connectivity index (χ0v) is 16.0. The average molecular weight is 435 g/mol. The summed E-state index contributed by atoms with van der Waals surface area (Å²) in [5.41, 5.74) is 1.40. The quantitative estimate of drug-likeness (QED) is 0.365. The fourth-order valence-electron chi connectivity index (χ4n) is 2.36. The molecule has 8 heteroatoms. The Labute approximate surface area is 160 Å². The van der Waals surface area contributed by atoms with Gasteiger partial charge in [0.1, 0.15) is 0 Å². The van der Waals surface area contributed by atoms with E-state index in [1.54, 1.807) is 6.20 Å². The molecule has 6 nitrogen and oxygen atoms in total. The number of nitro benzene ring substituents is 1. The van der Waals surface area contributed by atoms with Crippen LogP contribution in [0.4, 0.5) is 11.4 Å². The van der Waals surface area contributed by atoms with Crippen LogP contribution < -0.4 is 9.78 Å². The Bertz CT molecular complexity index is 964. The number of rotatable bonds is 6. The molecule has 1 N–H and O–H groups in total. The molecule has 0 saturated heterocycles. The SMILES string of the molecule is O=C(CC[Se]c1ccnc2cc(Cl)ccc12)Nc1ccc([N+](=O)[O-])cc1. The molecule has 0 aliphatic rings. The Morgan fingerprint density at radius 3 is 2.69 bits per heavy atom. The molecule has 3 aromatic rings. The number of hydrogen-bond donors (Lipinski definition) is 1. The fourth-order valence-corrected chi connectivity index (χ4v) is 4.61. The minimum atomic E-state index is -0.472. The van der Waals surface area contributed by atoms with Crippen molar-refractivity contribution in [3.05, 3.63) is 69.9 Å². The van der Waals surface area contributed by atoms with Gasteiger partial charge in [-0.2, -0.15) is 0 Å². The number of halogens is 1. The number of amides is 1. The van der Waals surface area contributed by atoms with Gasteiger partial charge in [-0.3, -0.25) is 0 Å². The van der Waals surface area contributed by atoms with Gasteiger partial charge < -0.3 is 0 Å². The van der Waals surface area contributed by atoms with Crippen LogP contribution in [0.5, 0.6) is 0 Å². The summed E-state index contributed by atoms with van der Waals surface area (Å²) in [5, 5.41) is 15.8. The molecule has 1 amide bonds. The molecule has 132 valence electrons. The number of non-ortho nitro benzene ring substituents is 1. The molecule has 26 heavy (non-hydrogen) atoms. The Morgan fingerprint density at radius 1 is 1.19 bits per heavy atom. The first-order valence-electron chi connectivity index (χ1n) is 7.74. The van der Waals surface area contributed by atoms with Gasteiger partial charge in [-0.1, -0.05) is 0 Å². The first-order chi connectivity index (χ1) is 12.5. The number of aromatic nitrogens is 1. The second-order valence-electron chi connectivity index (χ2n) is 5.42. The summed E-state index contributed by atoms with van der Waals surface area (Å²) in [6.07, 6.45) is 2.14. The number of fused-ring (bicyclic) bond motifs is 1. The first-order valence-corrected chi connectivity index (χ1v) is 10.2. The summed E-state index contributed by atoms with van der Waals surface area (Å²) in [6, 6.07) is 13.4. The van der Waals surface area contributed by atoms with Gasteiger partial charge in [-0.05, 0) is 0 Å². The number of nitrogens with zero attached hydrogens (tertiary/aromatic N) is 2. The van der Waals surface area contributed by atoms with Crippen molar-refractivity contribution in [2.24, 2.45) is 0 Å². The summed E-state index contributed by atoms with van der Waals surface area (Å²) in [7, 11) is 0. The Kier molecular flexibility index (Phi) is 5.83. The van der Waals surface area contributed by atoms with Gasteiger partial charge in [-0.25, -0.2) is 0 Å². The first kappa shape index (κ1) is 18.3. The maximum atomic E-state index is 12.1. The van der Waals surface area contributed by atoms with Gasteiger partial charge in [0, 0.05) is 0 Å². The van der Waals surface area contributed by atoms with E-state index >= 15 is 0 Å². The van der Waals surface area contributed by atoms with Crippen molar-refractivity contribution in [2.45, 2.75) is 11.7 Å². The molecule has 2 aromatic carbocycles. The van der Waals surface area contributed by atoms with Crippen molar-refractivity contribution in [3.63, 3.8) is 0 Å². The normalized spacial score (nSPS) is 10.7. The monoisotopic (exact) mass is 435 g/mol. The number of carbonyl (C=O) groups excluding carboxylic acids is 1. The van der Waals surface area contributed by atoms with E-state index in [-0.39, 0.29) is 26.6 Å². The summed E-state index contributed by atoms with van der Waals surface area (Å²) in [5.74, 6) is -0.109. The molecule has 0 fully saturated rings. The second-order valence-corrected chi connectivity index (χ2v) is 8.24. The fraction of sp³-hybridized carbons (Fsp3) is 0.111. The molecule has 0 spiro atoms. The zero-order valence-electron chi connectivity index (χ0n) is 13.5. The number of carbonyl (C=O) groups is 1. The van der Waals surface area contributed by atoms with Crippen molar-refractivity contribution < 1.29 is 9.72 Å². The van der Waals surface area contributed by atoms with Crippen LogP contribution in [0.2, 0.25) is 10.3 Å². The summed E-state index contributed by atoms with van der Waals surface area (Å²) < 4.78 is 1.18. The van der Waals surface area contributed by atoms with Crippen LogP contribution in [0.25, 0.3) is 10.9 Å². The van der Waals surface area contributed by atoms with Gasteiger partial charge in [0.15, 0.2) is 0 Å². The standard InChI is InChI=1S/C18H14ClN3O3Se/c19-12-1-6-15-16(11-12)20-9-7-17(15)26-10-8-18(23)21-13-2-4-14(5-3-13)22(24)25/h1-7,9,11H,8,10H2,(H,21,23). The topological polar surface area (TPSA) is 85.1 Å². The molecule has 1 aromatic heterocycles. The van der Waals surface area contributed by atoms with Crippen molar-refractivity contribution >= 4 is 59.2 Å². The van der Waals surface area contributed by atoms with E-state index in [0.717, 1.165) is 16.2 Å². The van der Waals surface area contributed by atoms with Gasteiger partial charge in [-0.15, -0.1) is 0 Å². The maximum absolute atomic E-state index is 12.1. The molecule has 0 radical (unpaired) electrons. The molecular weight excluding hydrogens is 421 g/mol. The summed E-state index contributed by atoms with van der Waals surface area (Å²) in [4.78, 5) is 26.5. The van der Waals surface area contributed by atoms with Gasteiger partial charge in [0.05, 0.1) is 0 Å². The van der Waals surface area contributed by atoms with Gasteiger partial charge >= 0.3 is 161 Å². The van der Waals surface area contributed by atoms with E-state index < -0.39 is 4.92 Å². The van der Waals surface area contributed by atoms with E-state index in [9.17, 15) is 14.9 Å². The van der Waals surface area contributed by atoms with Crippen LogP contribution >= 0.6 is 11.6 Å². The third-order valence-corrected chi connectivity index (χ3v) is 6.10. The molecule has 0 aliphatic carbocycles. The molecule has 0 atom stereocenters. The van der Waals surface area contributed by atoms with Crippen LogP contribution in [0, 0.1) is 10.1 Å². The molecular formula is C18H14ClN3O3Se. The average Bonchev–Trinajstić information content (AvgIpc) is 2.62. The van der Waals surface area contributed by atoms with Crippen LogP contribution in [0.3, 0.4) is 0 Å². The van der Waals surface area contributed by atoms with Gasteiger partial charge in [0.25, 0.3) is 0 Å². The van der Waals surface area contributed by atoms with E-state index in [0.29, 0.717) is 17.1 Å². The number of anilines is 1. The Hall–Kier alpha value is -2.47. The number of nitrogens with one attached hydrogen (secondary N) is 1. The number of pyridine rings is 1. The van der Waals surface area contributed by atoms with Crippen LogP contribution in [-0.4, -0.2) is 30.8 Å². The van der Waals surface area contributed by atoms with E-state index in [4.69, 9.17) is 11.6 Å². The number of hydrogen-bond acceptors (Lipinski definition) is 4. The predicted octanol–water partition coefficient (Wildman–Crippen LogP) is 3.57. The van der Waals surface area contributed by atoms with E-state index in [1.165, 1.54) is 28.7 Å². The van der Waals surface area contributed by atoms with Crippen molar-refractivity contribution in [2.75, 3.05) is 5.32 Å². The summed E-state index contributed by atoms with van der Waals surface area (Å²) in [6.45, 7) is 0. The molecule has 1 heterocycles. The third-order valence-electron chi connectivity index (χ3n) is 3.61. The minimum absolute atomic E-state index is 0.00370. The van der Waals surface area contributed by atoms with E-state index in [2.05, 4.69) is 10.3 Å². The van der Waals surface area contributed by atoms with Crippen molar-refractivity contribution in [3.8, 4) is 0 Å². The van der Waals surface area contributed by atoms with Gasteiger partial charge in [0.2, 0.25) is 0 Å². The second kappa shape index (κ2) is 8.27. The van der Waals surface area contributed by atoms with E-state index in [1.807, 2.05) is 24.3 Å². The van der Waals surface area contributed by atoms with Crippen molar-refractivity contribution in [1.82, 2.24) is 4.98 Å². The Balaban J connectivity index is 1.56. The number of nitro groups is 1. The van der Waals surface area contributed by atoms with Crippen LogP contribution in [-0.2, 0) is 4.79 Å². The van der Waals surface area contributed by atoms with Crippen molar-refractivity contribution in [1.29, 1.82) is 0 Å². The summed E-state index contributed by atoms with van der Waals surface area (Å²) >= 11 is 6.12. The molecule has 3 rings (SSSR count). The molecule has 0 unspecified atom stereocenters. The molecule has 0 bridgehead atoms. The van der Waals surface area contributed by atoms with Crippen LogP contribution in [0.1, 0.15) is 6.42 Å². The number of benzene rings is 2. The molecule has 0 saturated carbocycles. The predicted molar refractivity (Wildman–Crippen MR) is 103 cm³/mol. The molecule has 0 aliphatic heterocycles. The van der Waals surface area contributed by atoms with Crippen LogP contribution in [0.15, 0.2) is 54.7 Å². The Morgan fingerprint density at radius 2 is 1.96 bits per heavy atom. The zero-order chi connectivity index (χ0) is 18.5. The third kappa shape index (κ3) is 4.58.